The quantitative estimate of drug-likeness (QED) is 0.611. The second kappa shape index (κ2) is 3.11. The van der Waals surface area contributed by atoms with E-state index in [-0.39, 0.29) is 6.10 Å². The summed E-state index contributed by atoms with van der Waals surface area (Å²) in [6.45, 7) is 0. The zero-order valence-corrected chi connectivity index (χ0v) is 7.08. The van der Waals surface area contributed by atoms with Gasteiger partial charge >= 0.3 is 0 Å². The molecule has 0 N–H and O–H groups in total. The fraction of sp³-hybridized carbons (Fsp3) is 0.273. The van der Waals surface area contributed by atoms with E-state index in [1.807, 2.05) is 12.1 Å². The van der Waals surface area contributed by atoms with Gasteiger partial charge in [-0.3, -0.25) is 0 Å². The number of benzene rings is 1. The van der Waals surface area contributed by atoms with Crippen LogP contribution in [0.5, 0.6) is 0 Å². The van der Waals surface area contributed by atoms with E-state index in [4.69, 9.17) is 4.74 Å². The van der Waals surface area contributed by atoms with E-state index in [9.17, 15) is 0 Å². The predicted molar refractivity (Wildman–Crippen MR) is 47.7 cm³/mol. The van der Waals surface area contributed by atoms with Gasteiger partial charge in [0.1, 0.15) is 6.10 Å². The average molecular weight is 159 g/mol. The van der Waals surface area contributed by atoms with Crippen molar-refractivity contribution in [3.63, 3.8) is 0 Å². The predicted octanol–water partition coefficient (Wildman–Crippen LogP) is 2.29. The molecule has 1 aromatic rings. The molecule has 1 nitrogen and oxygen atoms in total. The zero-order chi connectivity index (χ0) is 8.39. The first-order chi connectivity index (χ1) is 5.92. The van der Waals surface area contributed by atoms with Crippen LogP contribution in [0.15, 0.2) is 30.3 Å². The highest BCUT2D eigenvalue weighted by molar-refractivity contribution is 5.34. The molecule has 1 radical (unpaired) electrons. The lowest BCUT2D eigenvalue weighted by molar-refractivity contribution is 0.134. The van der Waals surface area contributed by atoms with Crippen molar-refractivity contribution < 1.29 is 4.74 Å². The minimum absolute atomic E-state index is 0.0370. The number of methoxy groups -OCH3 is 1. The Kier molecular flexibility index (Phi) is 1.96. The summed E-state index contributed by atoms with van der Waals surface area (Å²) in [5, 5.41) is 0. The van der Waals surface area contributed by atoms with Crippen LogP contribution in [0.2, 0.25) is 0 Å². The molecule has 0 saturated heterocycles. The lowest BCUT2D eigenvalue weighted by atomic mass is 9.95. The van der Waals surface area contributed by atoms with E-state index < -0.39 is 0 Å². The van der Waals surface area contributed by atoms with Crippen LogP contribution < -0.4 is 0 Å². The zero-order valence-electron chi connectivity index (χ0n) is 7.08. The molecule has 0 saturated carbocycles. The van der Waals surface area contributed by atoms with Gasteiger partial charge in [0.2, 0.25) is 0 Å². The minimum Gasteiger partial charge on any atom is -0.372 e. The van der Waals surface area contributed by atoms with Crippen LogP contribution in [-0.4, -0.2) is 7.11 Å². The molecule has 1 aromatic carbocycles. The maximum atomic E-state index is 5.28. The van der Waals surface area contributed by atoms with Gasteiger partial charge in [-0.1, -0.05) is 30.3 Å². The maximum absolute atomic E-state index is 5.28. The van der Waals surface area contributed by atoms with Gasteiger partial charge in [0.15, 0.2) is 0 Å². The van der Waals surface area contributed by atoms with Crippen molar-refractivity contribution in [2.75, 3.05) is 7.11 Å². The average Bonchev–Trinajstić information content (AvgIpc) is 2.17. The summed E-state index contributed by atoms with van der Waals surface area (Å²) in [5.41, 5.74) is 2.60. The van der Waals surface area contributed by atoms with Gasteiger partial charge in [-0.05, 0) is 23.6 Å². The third-order valence-electron chi connectivity index (χ3n) is 2.16. The number of ether oxygens (including phenoxy) is 1. The normalized spacial score (nSPS) is 20.6. The summed E-state index contributed by atoms with van der Waals surface area (Å²) in [5.74, 6) is 0. The molecule has 12 heavy (non-hydrogen) atoms. The molecular formula is C11H11O. The number of hydrogen-bond donors (Lipinski definition) is 0. The van der Waals surface area contributed by atoms with E-state index >= 15 is 0 Å². The number of hydrogen-bond acceptors (Lipinski definition) is 1. The van der Waals surface area contributed by atoms with Gasteiger partial charge in [-0.25, -0.2) is 0 Å². The molecule has 0 bridgehead atoms. The first-order valence-corrected chi connectivity index (χ1v) is 4.10. The molecule has 61 valence electrons. The van der Waals surface area contributed by atoms with Gasteiger partial charge in [-0.2, -0.15) is 0 Å². The summed E-state index contributed by atoms with van der Waals surface area (Å²) in [7, 11) is 1.72. The number of allylic oxidation sites excluding steroid dienone is 1. The van der Waals surface area contributed by atoms with Crippen LogP contribution in [0.25, 0.3) is 0 Å². The molecule has 0 unspecified atom stereocenters. The molecule has 1 heteroatoms. The Morgan fingerprint density at radius 2 is 2.25 bits per heavy atom. The highest BCUT2D eigenvalue weighted by Gasteiger charge is 2.14. The highest BCUT2D eigenvalue weighted by atomic mass is 16.5. The highest BCUT2D eigenvalue weighted by Crippen LogP contribution is 2.25. The Bertz CT molecular complexity index is 302. The van der Waals surface area contributed by atoms with Crippen molar-refractivity contribution in [3.05, 3.63) is 47.5 Å². The van der Waals surface area contributed by atoms with Gasteiger partial charge in [-0.15, -0.1) is 0 Å². The third-order valence-corrected chi connectivity index (χ3v) is 2.16. The monoisotopic (exact) mass is 159 g/mol. The summed E-state index contributed by atoms with van der Waals surface area (Å²) >= 11 is 0. The van der Waals surface area contributed by atoms with Gasteiger partial charge < -0.3 is 4.74 Å². The Labute approximate surface area is 72.7 Å². The molecular weight excluding hydrogens is 148 g/mol. The Balaban J connectivity index is 2.43. The first kappa shape index (κ1) is 7.56. The molecule has 0 spiro atoms. The maximum Gasteiger partial charge on any atom is 0.107 e. The van der Waals surface area contributed by atoms with Crippen molar-refractivity contribution in [1.29, 1.82) is 0 Å². The van der Waals surface area contributed by atoms with Crippen molar-refractivity contribution in [3.8, 4) is 0 Å². The molecule has 0 heterocycles. The largest absolute Gasteiger partial charge is 0.372 e. The fourth-order valence-corrected chi connectivity index (χ4v) is 1.54. The number of rotatable bonds is 1. The molecule has 1 aliphatic rings. The van der Waals surface area contributed by atoms with Gasteiger partial charge in [0, 0.05) is 7.11 Å². The van der Waals surface area contributed by atoms with Crippen LogP contribution in [0.4, 0.5) is 0 Å². The molecule has 2 rings (SSSR count). The van der Waals surface area contributed by atoms with Crippen LogP contribution in [0.1, 0.15) is 17.2 Å². The summed E-state index contributed by atoms with van der Waals surface area (Å²) < 4.78 is 5.28. The second-order valence-corrected chi connectivity index (χ2v) is 2.89. The summed E-state index contributed by atoms with van der Waals surface area (Å²) in [6, 6.07) is 8.34. The van der Waals surface area contributed by atoms with Crippen LogP contribution in [-0.2, 0) is 11.2 Å². The van der Waals surface area contributed by atoms with Crippen molar-refractivity contribution >= 4 is 0 Å². The fourth-order valence-electron chi connectivity index (χ4n) is 1.54. The molecule has 0 fully saturated rings. The van der Waals surface area contributed by atoms with E-state index in [0.29, 0.717) is 0 Å². The smallest absolute Gasteiger partial charge is 0.107 e. The van der Waals surface area contributed by atoms with Crippen molar-refractivity contribution in [2.45, 2.75) is 12.5 Å². The molecule has 1 atom stereocenters. The first-order valence-electron chi connectivity index (χ1n) is 4.10. The van der Waals surface area contributed by atoms with E-state index in [1.54, 1.807) is 7.11 Å². The van der Waals surface area contributed by atoms with Crippen molar-refractivity contribution in [1.82, 2.24) is 0 Å². The lowest BCUT2D eigenvalue weighted by Gasteiger charge is -2.18. The Hall–Kier alpha value is -1.08. The van der Waals surface area contributed by atoms with Crippen LogP contribution in [0.3, 0.4) is 0 Å². The second-order valence-electron chi connectivity index (χ2n) is 2.89. The minimum atomic E-state index is 0.0370. The van der Waals surface area contributed by atoms with E-state index in [0.717, 1.165) is 6.42 Å². The molecule has 0 aliphatic heterocycles. The number of fused-ring (bicyclic) bond motifs is 1. The SMILES string of the molecule is CO[C@H]1[C]=CCc2ccccc21. The van der Waals surface area contributed by atoms with Gasteiger partial charge in [0.25, 0.3) is 0 Å². The van der Waals surface area contributed by atoms with E-state index in [2.05, 4.69) is 24.3 Å². The molecule has 1 aliphatic carbocycles. The van der Waals surface area contributed by atoms with Crippen LogP contribution in [0, 0.1) is 6.08 Å². The van der Waals surface area contributed by atoms with Crippen molar-refractivity contribution in [2.24, 2.45) is 0 Å². The standard InChI is InChI=1S/C11H11O/c1-12-11-8-4-6-9-5-2-3-7-10(9)11/h2-5,7,11H,6H2,1H3/t11-/m0/s1. The third kappa shape index (κ3) is 1.16. The van der Waals surface area contributed by atoms with Gasteiger partial charge in [0.05, 0.1) is 0 Å². The lowest BCUT2D eigenvalue weighted by Crippen LogP contribution is -2.06. The van der Waals surface area contributed by atoms with Crippen LogP contribution >= 0.6 is 0 Å². The Morgan fingerprint density at radius 3 is 3.08 bits per heavy atom. The molecule has 0 amide bonds. The Morgan fingerprint density at radius 1 is 1.42 bits per heavy atom. The molecule has 0 aromatic heterocycles. The van der Waals surface area contributed by atoms with E-state index in [1.165, 1.54) is 11.1 Å². The summed E-state index contributed by atoms with van der Waals surface area (Å²) in [6.07, 6.45) is 6.24. The topological polar surface area (TPSA) is 9.23 Å². The summed E-state index contributed by atoms with van der Waals surface area (Å²) in [4.78, 5) is 0.